The summed E-state index contributed by atoms with van der Waals surface area (Å²) in [5.41, 5.74) is 1.12. The largest absolute Gasteiger partial charge is 0.464 e. The number of aliphatic hydroxyl groups excluding tert-OH is 1. The Labute approximate surface area is 101 Å². The molecule has 0 aliphatic rings. The molecule has 0 spiro atoms. The average Bonchev–Trinajstić information content (AvgIpc) is 2.73. The molecule has 0 saturated carbocycles. The number of nitrogens with zero attached hydrogens (tertiary/aromatic N) is 3. The Bertz CT molecular complexity index is 363. The SMILES string of the molecule is CCCc1c(C(=O)OC)nnn1CCCCO. The minimum atomic E-state index is -0.443. The molecule has 1 rings (SSSR count). The number of carbonyl (C=O) groups is 1. The summed E-state index contributed by atoms with van der Waals surface area (Å²) in [6.07, 6.45) is 3.20. The molecule has 0 unspecified atom stereocenters. The van der Waals surface area contributed by atoms with Crippen LogP contribution in [0.15, 0.2) is 0 Å². The number of hydrogen-bond acceptors (Lipinski definition) is 5. The number of hydrogen-bond donors (Lipinski definition) is 1. The molecule has 0 fully saturated rings. The van der Waals surface area contributed by atoms with E-state index < -0.39 is 5.97 Å². The zero-order valence-electron chi connectivity index (χ0n) is 10.3. The molecule has 0 saturated heterocycles. The Morgan fingerprint density at radius 3 is 2.82 bits per heavy atom. The van der Waals surface area contributed by atoms with Gasteiger partial charge in [0.15, 0.2) is 5.69 Å². The van der Waals surface area contributed by atoms with Gasteiger partial charge < -0.3 is 9.84 Å². The van der Waals surface area contributed by atoms with E-state index in [2.05, 4.69) is 15.0 Å². The van der Waals surface area contributed by atoms with E-state index in [9.17, 15) is 4.79 Å². The van der Waals surface area contributed by atoms with Gasteiger partial charge in [-0.1, -0.05) is 18.6 Å². The van der Waals surface area contributed by atoms with Gasteiger partial charge in [0.2, 0.25) is 0 Å². The Kier molecular flexibility index (Phi) is 5.62. The summed E-state index contributed by atoms with van der Waals surface area (Å²) >= 11 is 0. The molecule has 1 N–H and O–H groups in total. The van der Waals surface area contributed by atoms with Gasteiger partial charge in [-0.05, 0) is 19.3 Å². The Hall–Kier alpha value is -1.43. The molecule has 0 aliphatic heterocycles. The van der Waals surface area contributed by atoms with Crippen LogP contribution in [0.25, 0.3) is 0 Å². The van der Waals surface area contributed by atoms with Crippen molar-refractivity contribution >= 4 is 5.97 Å². The number of aromatic nitrogens is 3. The predicted molar refractivity (Wildman–Crippen MR) is 61.7 cm³/mol. The molecule has 0 aliphatic carbocycles. The summed E-state index contributed by atoms with van der Waals surface area (Å²) in [5.74, 6) is -0.443. The lowest BCUT2D eigenvalue weighted by Gasteiger charge is -2.05. The summed E-state index contributed by atoms with van der Waals surface area (Å²) in [6.45, 7) is 2.87. The predicted octanol–water partition coefficient (Wildman–Crippen LogP) is 0.790. The second-order valence-corrected chi connectivity index (χ2v) is 3.78. The normalized spacial score (nSPS) is 10.5. The van der Waals surface area contributed by atoms with Gasteiger partial charge >= 0.3 is 5.97 Å². The minimum Gasteiger partial charge on any atom is -0.464 e. The summed E-state index contributed by atoms with van der Waals surface area (Å²) in [6, 6.07) is 0. The Morgan fingerprint density at radius 2 is 2.24 bits per heavy atom. The van der Waals surface area contributed by atoms with Crippen molar-refractivity contribution in [2.75, 3.05) is 13.7 Å². The lowest BCUT2D eigenvalue weighted by atomic mass is 10.2. The van der Waals surface area contributed by atoms with Gasteiger partial charge in [0.1, 0.15) is 0 Å². The van der Waals surface area contributed by atoms with Crippen LogP contribution in [0.3, 0.4) is 0 Å². The Morgan fingerprint density at radius 1 is 1.47 bits per heavy atom. The van der Waals surface area contributed by atoms with Crippen LogP contribution < -0.4 is 0 Å². The lowest BCUT2D eigenvalue weighted by molar-refractivity contribution is 0.0592. The fraction of sp³-hybridized carbons (Fsp3) is 0.727. The number of carbonyl (C=O) groups excluding carboxylic acids is 1. The molecule has 0 aromatic carbocycles. The highest BCUT2D eigenvalue weighted by Gasteiger charge is 2.19. The molecule has 0 atom stereocenters. The third-order valence-electron chi connectivity index (χ3n) is 2.48. The molecule has 0 radical (unpaired) electrons. The summed E-state index contributed by atoms with van der Waals surface area (Å²) in [7, 11) is 1.34. The molecule has 1 aromatic rings. The first-order valence-electron chi connectivity index (χ1n) is 5.86. The van der Waals surface area contributed by atoms with E-state index in [0.29, 0.717) is 12.2 Å². The third kappa shape index (κ3) is 3.52. The number of aliphatic hydroxyl groups is 1. The smallest absolute Gasteiger partial charge is 0.360 e. The van der Waals surface area contributed by atoms with E-state index >= 15 is 0 Å². The molecule has 0 amide bonds. The molecule has 6 nitrogen and oxygen atoms in total. The molecule has 17 heavy (non-hydrogen) atoms. The monoisotopic (exact) mass is 241 g/mol. The van der Waals surface area contributed by atoms with Crippen molar-refractivity contribution in [1.29, 1.82) is 0 Å². The number of esters is 1. The molecule has 1 aromatic heterocycles. The summed E-state index contributed by atoms with van der Waals surface area (Å²) < 4.78 is 6.40. The van der Waals surface area contributed by atoms with Gasteiger partial charge in [-0.3, -0.25) is 0 Å². The van der Waals surface area contributed by atoms with Crippen molar-refractivity contribution in [3.05, 3.63) is 11.4 Å². The summed E-state index contributed by atoms with van der Waals surface area (Å²) in [4.78, 5) is 11.5. The molecular weight excluding hydrogens is 222 g/mol. The number of aryl methyl sites for hydroxylation is 1. The minimum absolute atomic E-state index is 0.168. The maximum Gasteiger partial charge on any atom is 0.360 e. The van der Waals surface area contributed by atoms with Crippen molar-refractivity contribution in [2.45, 2.75) is 39.2 Å². The first-order chi connectivity index (χ1) is 8.24. The first-order valence-corrected chi connectivity index (χ1v) is 5.86. The average molecular weight is 241 g/mol. The van der Waals surface area contributed by atoms with E-state index in [1.54, 1.807) is 4.68 Å². The number of ether oxygens (including phenoxy) is 1. The second-order valence-electron chi connectivity index (χ2n) is 3.78. The van der Waals surface area contributed by atoms with Gasteiger partial charge in [-0.2, -0.15) is 0 Å². The van der Waals surface area contributed by atoms with E-state index in [1.807, 2.05) is 6.92 Å². The van der Waals surface area contributed by atoms with Crippen LogP contribution in [0.1, 0.15) is 42.4 Å². The summed E-state index contributed by atoms with van der Waals surface area (Å²) in [5, 5.41) is 16.5. The van der Waals surface area contributed by atoms with Crippen LogP contribution in [-0.4, -0.2) is 39.8 Å². The second kappa shape index (κ2) is 7.01. The van der Waals surface area contributed by atoms with E-state index in [1.165, 1.54) is 7.11 Å². The fourth-order valence-electron chi connectivity index (χ4n) is 1.63. The van der Waals surface area contributed by atoms with Gasteiger partial charge in [0.05, 0.1) is 12.8 Å². The van der Waals surface area contributed by atoms with Gasteiger partial charge in [-0.25, -0.2) is 9.48 Å². The highest BCUT2D eigenvalue weighted by atomic mass is 16.5. The molecule has 1 heterocycles. The van der Waals surface area contributed by atoms with Crippen LogP contribution in [-0.2, 0) is 17.7 Å². The maximum atomic E-state index is 11.5. The first kappa shape index (κ1) is 13.6. The van der Waals surface area contributed by atoms with Crippen molar-refractivity contribution in [3.63, 3.8) is 0 Å². The van der Waals surface area contributed by atoms with Crippen molar-refractivity contribution in [1.82, 2.24) is 15.0 Å². The van der Waals surface area contributed by atoms with Gasteiger partial charge in [0, 0.05) is 13.2 Å². The topological polar surface area (TPSA) is 77.2 Å². The number of rotatable bonds is 7. The van der Waals surface area contributed by atoms with Crippen molar-refractivity contribution in [3.8, 4) is 0 Å². The quantitative estimate of drug-likeness (QED) is 0.564. The lowest BCUT2D eigenvalue weighted by Crippen LogP contribution is -2.10. The van der Waals surface area contributed by atoms with Crippen LogP contribution in [0.5, 0.6) is 0 Å². The van der Waals surface area contributed by atoms with Gasteiger partial charge in [-0.15, -0.1) is 5.10 Å². The molecule has 0 bridgehead atoms. The zero-order valence-corrected chi connectivity index (χ0v) is 10.3. The van der Waals surface area contributed by atoms with E-state index in [-0.39, 0.29) is 6.61 Å². The molecule has 96 valence electrons. The van der Waals surface area contributed by atoms with Crippen LogP contribution in [0, 0.1) is 0 Å². The van der Waals surface area contributed by atoms with Crippen LogP contribution >= 0.6 is 0 Å². The molecular formula is C11H19N3O3. The Balaban J connectivity index is 2.82. The van der Waals surface area contributed by atoms with Crippen LogP contribution in [0.4, 0.5) is 0 Å². The zero-order chi connectivity index (χ0) is 12.7. The number of methoxy groups -OCH3 is 1. The molecule has 6 heteroatoms. The number of unbranched alkanes of at least 4 members (excludes halogenated alkanes) is 1. The fourth-order valence-corrected chi connectivity index (χ4v) is 1.63. The van der Waals surface area contributed by atoms with Crippen LogP contribution in [0.2, 0.25) is 0 Å². The highest BCUT2D eigenvalue weighted by Crippen LogP contribution is 2.10. The maximum absolute atomic E-state index is 11.5. The van der Waals surface area contributed by atoms with Crippen molar-refractivity contribution < 1.29 is 14.6 Å². The van der Waals surface area contributed by atoms with E-state index in [0.717, 1.165) is 31.4 Å². The standard InChI is InChI=1S/C11H19N3O3/c1-3-6-9-10(11(16)17-2)12-13-14(9)7-4-5-8-15/h15H,3-8H2,1-2H3. The third-order valence-corrected chi connectivity index (χ3v) is 2.48. The highest BCUT2D eigenvalue weighted by molar-refractivity contribution is 5.88. The van der Waals surface area contributed by atoms with E-state index in [4.69, 9.17) is 5.11 Å². The van der Waals surface area contributed by atoms with Crippen molar-refractivity contribution in [2.24, 2.45) is 0 Å². The van der Waals surface area contributed by atoms with Gasteiger partial charge in [0.25, 0.3) is 0 Å².